The third-order valence-corrected chi connectivity index (χ3v) is 6.01. The van der Waals surface area contributed by atoms with Gasteiger partial charge in [-0.15, -0.1) is 0 Å². The Labute approximate surface area is 134 Å². The number of carbonyl (C=O) groups excluding carboxylic acids is 2. The summed E-state index contributed by atoms with van der Waals surface area (Å²) in [5.41, 5.74) is -1.85. The Morgan fingerprint density at radius 3 is 2.17 bits per heavy atom. The van der Waals surface area contributed by atoms with Gasteiger partial charge in [-0.05, 0) is 20.8 Å². The molecule has 6 heteroatoms. The van der Waals surface area contributed by atoms with E-state index in [4.69, 9.17) is 18.9 Å². The molecule has 4 bridgehead atoms. The number of ether oxygens (including phenoxy) is 4. The predicted octanol–water partition coefficient (Wildman–Crippen LogP) is 1.15. The molecule has 6 atom stereocenters. The Balaban J connectivity index is 1.97. The van der Waals surface area contributed by atoms with Crippen LogP contribution in [0.15, 0.2) is 23.3 Å². The summed E-state index contributed by atoms with van der Waals surface area (Å²) in [5.74, 6) is -1.19. The summed E-state index contributed by atoms with van der Waals surface area (Å²) in [6.07, 6.45) is 3.92. The number of esters is 2. The van der Waals surface area contributed by atoms with Crippen LogP contribution in [0.4, 0.5) is 0 Å². The molecule has 0 aromatic heterocycles. The Morgan fingerprint density at radius 2 is 1.61 bits per heavy atom. The molecule has 0 aliphatic carbocycles. The minimum atomic E-state index is -0.940. The molecule has 2 saturated heterocycles. The first-order valence-electron chi connectivity index (χ1n) is 7.72. The molecule has 0 saturated carbocycles. The van der Waals surface area contributed by atoms with Gasteiger partial charge in [-0.3, -0.25) is 0 Å². The molecule has 6 unspecified atom stereocenters. The molecule has 0 aromatic carbocycles. The van der Waals surface area contributed by atoms with Crippen LogP contribution in [0, 0.1) is 11.8 Å². The average molecular weight is 320 g/mol. The van der Waals surface area contributed by atoms with E-state index in [1.165, 1.54) is 14.2 Å². The van der Waals surface area contributed by atoms with E-state index in [1.807, 2.05) is 32.9 Å². The van der Waals surface area contributed by atoms with Gasteiger partial charge in [-0.1, -0.05) is 12.2 Å². The van der Waals surface area contributed by atoms with Gasteiger partial charge in [-0.2, -0.15) is 0 Å². The Bertz CT molecular complexity index is 693. The average Bonchev–Trinajstić information content (AvgIpc) is 3.16. The fourth-order valence-corrected chi connectivity index (χ4v) is 5.40. The topological polar surface area (TPSA) is 71.1 Å². The molecule has 4 rings (SSSR count). The molecular formula is C17H20O6. The van der Waals surface area contributed by atoms with Crippen molar-refractivity contribution in [1.82, 2.24) is 0 Å². The smallest absolute Gasteiger partial charge is 0.337 e. The van der Waals surface area contributed by atoms with Crippen molar-refractivity contribution >= 4 is 11.9 Å². The molecule has 2 fully saturated rings. The molecule has 0 N–H and O–H groups in total. The molecule has 4 aliphatic heterocycles. The first-order chi connectivity index (χ1) is 10.7. The quantitative estimate of drug-likeness (QED) is 0.561. The zero-order valence-electron chi connectivity index (χ0n) is 13.8. The monoisotopic (exact) mass is 320 g/mol. The SMILES string of the molecule is COC(=O)C1=C(C(=O)OC)C2(C)OC1(C)C1C3C=CC(C)(O3)C12. The zero-order valence-corrected chi connectivity index (χ0v) is 13.8. The summed E-state index contributed by atoms with van der Waals surface area (Å²) < 4.78 is 22.3. The standard InChI is InChI=1S/C17H20O6/c1-15-7-6-8(22-15)9-12(15)17(3)11(14(19)21-5)10(13(18)20-4)16(9,2)23-17/h6-9,12H,1-5H3. The Kier molecular flexibility index (Phi) is 2.62. The van der Waals surface area contributed by atoms with Crippen LogP contribution < -0.4 is 0 Å². The van der Waals surface area contributed by atoms with E-state index in [0.717, 1.165) is 0 Å². The maximum absolute atomic E-state index is 12.5. The predicted molar refractivity (Wildman–Crippen MR) is 78.4 cm³/mol. The fraction of sp³-hybridized carbons (Fsp3) is 0.647. The van der Waals surface area contributed by atoms with Crippen LogP contribution in [0.2, 0.25) is 0 Å². The number of hydrogen-bond donors (Lipinski definition) is 0. The van der Waals surface area contributed by atoms with Crippen molar-refractivity contribution in [3.8, 4) is 0 Å². The van der Waals surface area contributed by atoms with Gasteiger partial charge in [0.15, 0.2) is 0 Å². The Morgan fingerprint density at radius 1 is 1.04 bits per heavy atom. The number of fused-ring (bicyclic) bond motifs is 9. The van der Waals surface area contributed by atoms with Crippen LogP contribution in [-0.4, -0.2) is 49.1 Å². The van der Waals surface area contributed by atoms with E-state index in [0.29, 0.717) is 0 Å². The van der Waals surface area contributed by atoms with Gasteiger partial charge in [-0.25, -0.2) is 9.59 Å². The molecule has 124 valence electrons. The van der Waals surface area contributed by atoms with E-state index < -0.39 is 28.7 Å². The van der Waals surface area contributed by atoms with Crippen LogP contribution in [0.5, 0.6) is 0 Å². The number of hydrogen-bond acceptors (Lipinski definition) is 6. The van der Waals surface area contributed by atoms with Crippen molar-refractivity contribution in [2.45, 2.75) is 43.7 Å². The van der Waals surface area contributed by atoms with Gasteiger partial charge < -0.3 is 18.9 Å². The molecular weight excluding hydrogens is 300 g/mol. The van der Waals surface area contributed by atoms with Crippen molar-refractivity contribution < 1.29 is 28.5 Å². The van der Waals surface area contributed by atoms with Crippen LogP contribution in [0.3, 0.4) is 0 Å². The summed E-state index contributed by atoms with van der Waals surface area (Å²) in [6, 6.07) is 0. The lowest BCUT2D eigenvalue weighted by Gasteiger charge is -2.39. The molecule has 4 heterocycles. The number of methoxy groups -OCH3 is 2. The molecule has 6 nitrogen and oxygen atoms in total. The van der Waals surface area contributed by atoms with E-state index >= 15 is 0 Å². The second-order valence-electron chi connectivity index (χ2n) is 7.18. The summed E-state index contributed by atoms with van der Waals surface area (Å²) in [5, 5.41) is 0. The molecule has 0 spiro atoms. The highest BCUT2D eigenvalue weighted by molar-refractivity contribution is 6.05. The van der Waals surface area contributed by atoms with Gasteiger partial charge in [0.05, 0.1) is 37.1 Å². The molecule has 0 aromatic rings. The highest BCUT2D eigenvalue weighted by atomic mass is 16.6. The maximum Gasteiger partial charge on any atom is 0.337 e. The Hall–Kier alpha value is -1.66. The third kappa shape index (κ3) is 1.42. The van der Waals surface area contributed by atoms with Crippen LogP contribution in [0.1, 0.15) is 20.8 Å². The zero-order chi connectivity index (χ0) is 16.8. The van der Waals surface area contributed by atoms with Gasteiger partial charge in [0.2, 0.25) is 0 Å². The van der Waals surface area contributed by atoms with Gasteiger partial charge in [0.25, 0.3) is 0 Å². The second kappa shape index (κ2) is 4.05. The van der Waals surface area contributed by atoms with Crippen LogP contribution in [-0.2, 0) is 28.5 Å². The van der Waals surface area contributed by atoms with E-state index in [1.54, 1.807) is 0 Å². The number of carbonyl (C=O) groups is 2. The summed E-state index contributed by atoms with van der Waals surface area (Å²) in [6.45, 7) is 5.69. The lowest BCUT2D eigenvalue weighted by molar-refractivity contribution is -0.140. The minimum absolute atomic E-state index is 0.0370. The van der Waals surface area contributed by atoms with Crippen molar-refractivity contribution in [1.29, 1.82) is 0 Å². The summed E-state index contributed by atoms with van der Waals surface area (Å²) >= 11 is 0. The second-order valence-corrected chi connectivity index (χ2v) is 7.18. The molecule has 0 radical (unpaired) electrons. The van der Waals surface area contributed by atoms with Crippen molar-refractivity contribution in [3.05, 3.63) is 23.3 Å². The minimum Gasteiger partial charge on any atom is -0.466 e. The fourth-order valence-electron chi connectivity index (χ4n) is 5.40. The van der Waals surface area contributed by atoms with E-state index in [-0.39, 0.29) is 29.1 Å². The van der Waals surface area contributed by atoms with Crippen LogP contribution >= 0.6 is 0 Å². The van der Waals surface area contributed by atoms with Crippen LogP contribution in [0.25, 0.3) is 0 Å². The van der Waals surface area contributed by atoms with Gasteiger partial charge in [0.1, 0.15) is 11.2 Å². The largest absolute Gasteiger partial charge is 0.466 e. The molecule has 4 aliphatic rings. The van der Waals surface area contributed by atoms with Crippen molar-refractivity contribution in [3.63, 3.8) is 0 Å². The van der Waals surface area contributed by atoms with Gasteiger partial charge in [0, 0.05) is 11.8 Å². The molecule has 0 amide bonds. The van der Waals surface area contributed by atoms with E-state index in [9.17, 15) is 9.59 Å². The highest BCUT2D eigenvalue weighted by Crippen LogP contribution is 2.69. The highest BCUT2D eigenvalue weighted by Gasteiger charge is 2.78. The lowest BCUT2D eigenvalue weighted by Crippen LogP contribution is -2.51. The van der Waals surface area contributed by atoms with Crippen molar-refractivity contribution in [2.75, 3.05) is 14.2 Å². The van der Waals surface area contributed by atoms with Crippen molar-refractivity contribution in [2.24, 2.45) is 11.8 Å². The first kappa shape index (κ1) is 14.9. The van der Waals surface area contributed by atoms with Gasteiger partial charge >= 0.3 is 11.9 Å². The summed E-state index contributed by atoms with van der Waals surface area (Å²) in [4.78, 5) is 24.9. The normalized spacial score (nSPS) is 48.8. The summed E-state index contributed by atoms with van der Waals surface area (Å²) in [7, 11) is 2.61. The first-order valence-corrected chi connectivity index (χ1v) is 7.72. The van der Waals surface area contributed by atoms with E-state index in [2.05, 4.69) is 0 Å². The lowest BCUT2D eigenvalue weighted by atomic mass is 9.58. The third-order valence-electron chi connectivity index (χ3n) is 6.01. The molecule has 23 heavy (non-hydrogen) atoms. The maximum atomic E-state index is 12.5. The number of rotatable bonds is 2.